The largest absolute Gasteiger partial charge is 0.385 e. The van der Waals surface area contributed by atoms with Crippen molar-refractivity contribution >= 4 is 11.5 Å². The Hall–Kier alpha value is -1.25. The lowest BCUT2D eigenvalue weighted by molar-refractivity contribution is 0.567. The first-order valence-electron chi connectivity index (χ1n) is 5.14. The van der Waals surface area contributed by atoms with Crippen LogP contribution >= 0.6 is 0 Å². The molecule has 78 valence electrons. The molecule has 0 aliphatic heterocycles. The Kier molecular flexibility index (Phi) is 4.23. The van der Waals surface area contributed by atoms with E-state index >= 15 is 0 Å². The van der Waals surface area contributed by atoms with E-state index in [2.05, 4.69) is 24.1 Å². The summed E-state index contributed by atoms with van der Waals surface area (Å²) in [6, 6.07) is 3.79. The van der Waals surface area contributed by atoms with Crippen molar-refractivity contribution in [3.8, 4) is 0 Å². The van der Waals surface area contributed by atoms with Crippen LogP contribution < -0.4 is 11.1 Å². The molecule has 0 fully saturated rings. The van der Waals surface area contributed by atoms with Gasteiger partial charge < -0.3 is 11.1 Å². The number of anilines is 2. The van der Waals surface area contributed by atoms with E-state index in [-0.39, 0.29) is 0 Å². The Morgan fingerprint density at radius 3 is 2.93 bits per heavy atom. The maximum Gasteiger partial charge on any atom is 0.125 e. The van der Waals surface area contributed by atoms with Gasteiger partial charge in [0.25, 0.3) is 0 Å². The number of pyridine rings is 1. The topological polar surface area (TPSA) is 50.9 Å². The molecule has 0 saturated heterocycles. The first-order valence-corrected chi connectivity index (χ1v) is 5.14. The zero-order valence-electron chi connectivity index (χ0n) is 8.96. The average Bonchev–Trinajstić information content (AvgIpc) is 2.12. The lowest BCUT2D eigenvalue weighted by Gasteiger charge is -2.07. The second-order valence-electron chi connectivity index (χ2n) is 3.93. The molecule has 14 heavy (non-hydrogen) atoms. The highest BCUT2D eigenvalue weighted by Gasteiger charge is 1.95. The van der Waals surface area contributed by atoms with E-state index < -0.39 is 0 Å². The van der Waals surface area contributed by atoms with Crippen LogP contribution in [0.5, 0.6) is 0 Å². The minimum atomic E-state index is 0.568. The van der Waals surface area contributed by atoms with Gasteiger partial charge in [-0.25, -0.2) is 4.98 Å². The first-order chi connectivity index (χ1) is 6.68. The van der Waals surface area contributed by atoms with Gasteiger partial charge in [0.1, 0.15) is 5.82 Å². The highest BCUT2D eigenvalue weighted by atomic mass is 14.9. The molecule has 0 radical (unpaired) electrons. The molecule has 0 bridgehead atoms. The highest BCUT2D eigenvalue weighted by Crippen LogP contribution is 2.10. The van der Waals surface area contributed by atoms with E-state index in [4.69, 9.17) is 5.73 Å². The summed E-state index contributed by atoms with van der Waals surface area (Å²) in [7, 11) is 0. The van der Waals surface area contributed by atoms with E-state index in [1.165, 1.54) is 12.8 Å². The van der Waals surface area contributed by atoms with E-state index in [0.717, 1.165) is 18.2 Å². The molecule has 0 spiro atoms. The predicted molar refractivity (Wildman–Crippen MR) is 61.2 cm³/mol. The van der Waals surface area contributed by atoms with E-state index in [1.807, 2.05) is 12.1 Å². The summed E-state index contributed by atoms with van der Waals surface area (Å²) in [5.41, 5.74) is 6.62. The van der Waals surface area contributed by atoms with Gasteiger partial charge in [-0.2, -0.15) is 0 Å². The van der Waals surface area contributed by atoms with Crippen molar-refractivity contribution in [2.45, 2.75) is 26.7 Å². The van der Waals surface area contributed by atoms with Crippen molar-refractivity contribution in [3.05, 3.63) is 18.3 Å². The van der Waals surface area contributed by atoms with E-state index in [9.17, 15) is 0 Å². The smallest absolute Gasteiger partial charge is 0.125 e. The fourth-order valence-corrected chi connectivity index (χ4v) is 1.30. The van der Waals surface area contributed by atoms with Crippen molar-refractivity contribution in [2.75, 3.05) is 17.6 Å². The number of hydrogen-bond acceptors (Lipinski definition) is 3. The summed E-state index contributed by atoms with van der Waals surface area (Å²) in [5, 5.41) is 3.32. The average molecular weight is 193 g/mol. The molecule has 0 aliphatic carbocycles. The Morgan fingerprint density at radius 1 is 1.50 bits per heavy atom. The maximum atomic E-state index is 5.56. The van der Waals surface area contributed by atoms with Gasteiger partial charge in [-0.05, 0) is 24.8 Å². The number of aromatic nitrogens is 1. The molecular formula is C11H19N3. The van der Waals surface area contributed by atoms with E-state index in [1.54, 1.807) is 6.20 Å². The molecule has 3 nitrogen and oxygen atoms in total. The lowest BCUT2D eigenvalue weighted by Crippen LogP contribution is -2.03. The minimum Gasteiger partial charge on any atom is -0.385 e. The number of nitrogen functional groups attached to an aromatic ring is 1. The van der Waals surface area contributed by atoms with Gasteiger partial charge in [0.2, 0.25) is 0 Å². The Bertz CT molecular complexity index is 271. The van der Waals surface area contributed by atoms with Crippen molar-refractivity contribution in [2.24, 2.45) is 5.92 Å². The van der Waals surface area contributed by atoms with E-state index in [0.29, 0.717) is 5.82 Å². The second kappa shape index (κ2) is 5.47. The standard InChI is InChI=1S/C11H19N3/c1-9(2)4-3-6-13-10-5-7-14-11(12)8-10/h5,7-9H,3-4,6H2,1-2H3,(H3,12,13,14). The quantitative estimate of drug-likeness (QED) is 0.706. The third-order valence-electron chi connectivity index (χ3n) is 2.07. The number of nitrogens with zero attached hydrogens (tertiary/aromatic N) is 1. The molecule has 0 aromatic carbocycles. The minimum absolute atomic E-state index is 0.568. The fraction of sp³-hybridized carbons (Fsp3) is 0.545. The Morgan fingerprint density at radius 2 is 2.29 bits per heavy atom. The summed E-state index contributed by atoms with van der Waals surface area (Å²) < 4.78 is 0. The predicted octanol–water partition coefficient (Wildman–Crippen LogP) is 2.51. The van der Waals surface area contributed by atoms with Crippen LogP contribution in [0.2, 0.25) is 0 Å². The molecule has 3 heteroatoms. The zero-order chi connectivity index (χ0) is 10.4. The Labute approximate surface area is 85.7 Å². The van der Waals surface area contributed by atoms with Crippen LogP contribution in [-0.4, -0.2) is 11.5 Å². The third-order valence-corrected chi connectivity index (χ3v) is 2.07. The molecule has 3 N–H and O–H groups in total. The van der Waals surface area contributed by atoms with Gasteiger partial charge in [0, 0.05) is 24.5 Å². The monoisotopic (exact) mass is 193 g/mol. The summed E-state index contributed by atoms with van der Waals surface area (Å²) in [6.45, 7) is 5.48. The number of nitrogens with one attached hydrogen (secondary N) is 1. The summed E-state index contributed by atoms with van der Waals surface area (Å²) in [6.07, 6.45) is 4.17. The maximum absolute atomic E-state index is 5.56. The number of hydrogen-bond donors (Lipinski definition) is 2. The van der Waals surface area contributed by atoms with Crippen LogP contribution in [-0.2, 0) is 0 Å². The van der Waals surface area contributed by atoms with Crippen LogP contribution in [0.25, 0.3) is 0 Å². The molecule has 0 aliphatic rings. The summed E-state index contributed by atoms with van der Waals surface area (Å²) in [4.78, 5) is 3.93. The van der Waals surface area contributed by atoms with Gasteiger partial charge in [0.15, 0.2) is 0 Å². The normalized spacial score (nSPS) is 10.5. The van der Waals surface area contributed by atoms with Crippen molar-refractivity contribution in [1.82, 2.24) is 4.98 Å². The molecular weight excluding hydrogens is 174 g/mol. The molecule has 0 amide bonds. The molecule has 1 heterocycles. The number of nitrogens with two attached hydrogens (primary N) is 1. The van der Waals surface area contributed by atoms with Gasteiger partial charge in [-0.1, -0.05) is 13.8 Å². The lowest BCUT2D eigenvalue weighted by atomic mass is 10.1. The van der Waals surface area contributed by atoms with Crippen LogP contribution in [0.15, 0.2) is 18.3 Å². The zero-order valence-corrected chi connectivity index (χ0v) is 8.96. The van der Waals surface area contributed by atoms with Gasteiger partial charge in [-0.15, -0.1) is 0 Å². The van der Waals surface area contributed by atoms with Gasteiger partial charge in [0.05, 0.1) is 0 Å². The summed E-state index contributed by atoms with van der Waals surface area (Å²) >= 11 is 0. The summed E-state index contributed by atoms with van der Waals surface area (Å²) in [5.74, 6) is 1.35. The third kappa shape index (κ3) is 4.12. The van der Waals surface area contributed by atoms with Crippen LogP contribution in [0.3, 0.4) is 0 Å². The first kappa shape index (κ1) is 10.8. The van der Waals surface area contributed by atoms with Crippen molar-refractivity contribution in [1.29, 1.82) is 0 Å². The van der Waals surface area contributed by atoms with Gasteiger partial charge in [-0.3, -0.25) is 0 Å². The van der Waals surface area contributed by atoms with Crippen molar-refractivity contribution < 1.29 is 0 Å². The highest BCUT2D eigenvalue weighted by molar-refractivity contribution is 5.49. The Balaban J connectivity index is 2.25. The molecule has 1 aromatic heterocycles. The van der Waals surface area contributed by atoms with Crippen molar-refractivity contribution in [3.63, 3.8) is 0 Å². The van der Waals surface area contributed by atoms with Gasteiger partial charge >= 0.3 is 0 Å². The fourth-order valence-electron chi connectivity index (χ4n) is 1.30. The number of rotatable bonds is 5. The molecule has 0 unspecified atom stereocenters. The van der Waals surface area contributed by atoms with Crippen LogP contribution in [0.1, 0.15) is 26.7 Å². The molecule has 1 aromatic rings. The van der Waals surface area contributed by atoms with Crippen LogP contribution in [0.4, 0.5) is 11.5 Å². The second-order valence-corrected chi connectivity index (χ2v) is 3.93. The molecule has 1 rings (SSSR count). The molecule has 0 atom stereocenters. The molecule has 0 saturated carbocycles. The van der Waals surface area contributed by atoms with Crippen LogP contribution in [0, 0.1) is 5.92 Å². The SMILES string of the molecule is CC(C)CCCNc1ccnc(N)c1.